The lowest BCUT2D eigenvalue weighted by atomic mass is 9.64. The van der Waals surface area contributed by atoms with E-state index >= 15 is 0 Å². The molecular formula is C27H44F2O2. The third kappa shape index (κ3) is 6.76. The van der Waals surface area contributed by atoms with Gasteiger partial charge in [-0.3, -0.25) is 0 Å². The Balaban J connectivity index is 1.12. The first-order valence-electron chi connectivity index (χ1n) is 13.3. The molecule has 3 saturated carbocycles. The summed E-state index contributed by atoms with van der Waals surface area (Å²) in [6.07, 6.45) is 17.7. The van der Waals surface area contributed by atoms with Crippen LogP contribution in [-0.2, 0) is 9.47 Å². The van der Waals surface area contributed by atoms with Gasteiger partial charge in [-0.1, -0.05) is 12.8 Å². The van der Waals surface area contributed by atoms with Crippen LogP contribution in [0.25, 0.3) is 0 Å². The third-order valence-corrected chi connectivity index (χ3v) is 9.49. The highest BCUT2D eigenvalue weighted by Crippen LogP contribution is 2.47. The molecule has 3 aliphatic carbocycles. The van der Waals surface area contributed by atoms with Gasteiger partial charge < -0.3 is 9.47 Å². The molecule has 4 heteroatoms. The van der Waals surface area contributed by atoms with Gasteiger partial charge in [-0.05, 0) is 126 Å². The topological polar surface area (TPSA) is 18.5 Å². The van der Waals surface area contributed by atoms with Crippen LogP contribution >= 0.6 is 0 Å². The molecule has 0 radical (unpaired) electrons. The normalized spacial score (nSPS) is 42.2. The molecule has 1 saturated heterocycles. The largest absolute Gasteiger partial charge is 0.353 e. The van der Waals surface area contributed by atoms with Crippen LogP contribution in [0.4, 0.5) is 8.78 Å². The van der Waals surface area contributed by atoms with E-state index in [-0.39, 0.29) is 6.29 Å². The standard InChI is InChI=1S/C27H44F2O2/c1-19-30-17-26(18-31-19)25-15-13-24(14-16-25)23-11-9-22(10-12-23)21-7-5-20(6-8-21)3-2-4-27(28)29/h4,19-26H,2-3,5-18H2,1H3. The highest BCUT2D eigenvalue weighted by atomic mass is 19.3. The lowest BCUT2D eigenvalue weighted by Gasteiger charge is -2.42. The van der Waals surface area contributed by atoms with Crippen LogP contribution in [-0.4, -0.2) is 19.5 Å². The van der Waals surface area contributed by atoms with Crippen molar-refractivity contribution in [1.82, 2.24) is 0 Å². The second-order valence-electron chi connectivity index (χ2n) is 11.2. The zero-order valence-corrected chi connectivity index (χ0v) is 19.6. The fourth-order valence-electron chi connectivity index (χ4n) is 7.44. The van der Waals surface area contributed by atoms with Gasteiger partial charge in [-0.25, -0.2) is 0 Å². The molecule has 1 aliphatic heterocycles. The van der Waals surface area contributed by atoms with Gasteiger partial charge in [-0.15, -0.1) is 0 Å². The van der Waals surface area contributed by atoms with Crippen molar-refractivity contribution in [2.45, 2.75) is 103 Å². The molecule has 4 fully saturated rings. The monoisotopic (exact) mass is 438 g/mol. The van der Waals surface area contributed by atoms with E-state index in [1.54, 1.807) is 0 Å². The number of hydrogen-bond acceptors (Lipinski definition) is 2. The van der Waals surface area contributed by atoms with Crippen molar-refractivity contribution < 1.29 is 18.3 Å². The molecule has 4 aliphatic rings. The van der Waals surface area contributed by atoms with Crippen molar-refractivity contribution in [3.05, 3.63) is 12.2 Å². The second-order valence-corrected chi connectivity index (χ2v) is 11.2. The fourth-order valence-corrected chi connectivity index (χ4v) is 7.44. The van der Waals surface area contributed by atoms with E-state index in [1.165, 1.54) is 77.0 Å². The summed E-state index contributed by atoms with van der Waals surface area (Å²) in [5.41, 5.74) is 0. The Morgan fingerprint density at radius 1 is 0.645 bits per heavy atom. The molecule has 0 aromatic heterocycles. The van der Waals surface area contributed by atoms with Crippen LogP contribution in [0.15, 0.2) is 12.2 Å². The van der Waals surface area contributed by atoms with Crippen LogP contribution in [0, 0.1) is 41.4 Å². The van der Waals surface area contributed by atoms with Crippen LogP contribution in [0.2, 0.25) is 0 Å². The molecule has 0 atom stereocenters. The van der Waals surface area contributed by atoms with Gasteiger partial charge in [0, 0.05) is 5.92 Å². The minimum Gasteiger partial charge on any atom is -0.353 e. The SMILES string of the molecule is CC1OCC(C2CCC(C3CCC(C4CCC(CCC=C(F)F)CC4)CC3)CC2)CO1. The van der Waals surface area contributed by atoms with Gasteiger partial charge in [0.05, 0.1) is 13.2 Å². The Labute approximate surface area is 188 Å². The summed E-state index contributed by atoms with van der Waals surface area (Å²) in [7, 11) is 0. The molecule has 0 N–H and O–H groups in total. The molecule has 1 heterocycles. The van der Waals surface area contributed by atoms with Crippen LogP contribution < -0.4 is 0 Å². The van der Waals surface area contributed by atoms with Gasteiger partial charge in [0.1, 0.15) is 0 Å². The Bertz CT molecular complexity index is 544. The number of rotatable bonds is 6. The Kier molecular flexibility index (Phi) is 8.85. The summed E-state index contributed by atoms with van der Waals surface area (Å²) in [6.45, 7) is 3.80. The molecule has 0 aromatic rings. The molecule has 4 rings (SSSR count). The molecule has 178 valence electrons. The summed E-state index contributed by atoms with van der Waals surface area (Å²) < 4.78 is 35.9. The second kappa shape index (κ2) is 11.6. The minimum atomic E-state index is -1.51. The first kappa shape index (κ1) is 23.7. The quantitative estimate of drug-likeness (QED) is 0.418. The fraction of sp³-hybridized carbons (Fsp3) is 0.926. The number of hydrogen-bond donors (Lipinski definition) is 0. The number of ether oxygens (including phenoxy) is 2. The lowest BCUT2D eigenvalue weighted by molar-refractivity contribution is -0.200. The summed E-state index contributed by atoms with van der Waals surface area (Å²) >= 11 is 0. The van der Waals surface area contributed by atoms with Crippen LogP contribution in [0.1, 0.15) is 96.8 Å². The highest BCUT2D eigenvalue weighted by molar-refractivity contribution is 4.88. The summed E-state index contributed by atoms with van der Waals surface area (Å²) in [5, 5.41) is 0. The summed E-state index contributed by atoms with van der Waals surface area (Å²) in [4.78, 5) is 0. The zero-order chi connectivity index (χ0) is 21.6. The minimum absolute atomic E-state index is 0.0130. The highest BCUT2D eigenvalue weighted by Gasteiger charge is 2.36. The Hall–Kier alpha value is -0.480. The van der Waals surface area contributed by atoms with Gasteiger partial charge in [-0.2, -0.15) is 8.78 Å². The van der Waals surface area contributed by atoms with Crippen LogP contribution in [0.3, 0.4) is 0 Å². The molecular weight excluding hydrogens is 394 g/mol. The van der Waals surface area contributed by atoms with E-state index in [2.05, 4.69) is 0 Å². The van der Waals surface area contributed by atoms with E-state index in [0.29, 0.717) is 18.3 Å². The van der Waals surface area contributed by atoms with E-state index in [9.17, 15) is 8.78 Å². The van der Waals surface area contributed by atoms with Crippen molar-refractivity contribution in [1.29, 1.82) is 0 Å². The maximum atomic E-state index is 12.2. The van der Waals surface area contributed by atoms with E-state index in [4.69, 9.17) is 9.47 Å². The molecule has 0 amide bonds. The zero-order valence-electron chi connectivity index (χ0n) is 19.6. The smallest absolute Gasteiger partial charge is 0.266 e. The molecule has 31 heavy (non-hydrogen) atoms. The van der Waals surface area contributed by atoms with Gasteiger partial charge in [0.15, 0.2) is 6.29 Å². The maximum absolute atomic E-state index is 12.2. The predicted octanol–water partition coefficient (Wildman–Crippen LogP) is 7.98. The van der Waals surface area contributed by atoms with Gasteiger partial charge in [0.2, 0.25) is 0 Å². The first-order valence-corrected chi connectivity index (χ1v) is 13.3. The van der Waals surface area contributed by atoms with Crippen molar-refractivity contribution in [2.75, 3.05) is 13.2 Å². The molecule has 0 bridgehead atoms. The first-order chi connectivity index (χ1) is 15.1. The lowest BCUT2D eigenvalue weighted by Crippen LogP contribution is -2.37. The maximum Gasteiger partial charge on any atom is 0.266 e. The van der Waals surface area contributed by atoms with Crippen molar-refractivity contribution in [2.24, 2.45) is 41.4 Å². The number of halogens is 2. The number of allylic oxidation sites excluding steroid dienone is 1. The third-order valence-electron chi connectivity index (χ3n) is 9.49. The van der Waals surface area contributed by atoms with Gasteiger partial charge in [0.25, 0.3) is 6.08 Å². The van der Waals surface area contributed by atoms with Gasteiger partial charge >= 0.3 is 0 Å². The average molecular weight is 439 g/mol. The molecule has 0 spiro atoms. The Morgan fingerprint density at radius 3 is 1.45 bits per heavy atom. The molecule has 2 nitrogen and oxygen atoms in total. The molecule has 0 aromatic carbocycles. The average Bonchev–Trinajstić information content (AvgIpc) is 2.80. The summed E-state index contributed by atoms with van der Waals surface area (Å²) in [6, 6.07) is 0. The summed E-state index contributed by atoms with van der Waals surface area (Å²) in [5.74, 6) is 5.89. The van der Waals surface area contributed by atoms with Crippen LogP contribution in [0.5, 0.6) is 0 Å². The van der Waals surface area contributed by atoms with E-state index < -0.39 is 6.08 Å². The van der Waals surface area contributed by atoms with Crippen molar-refractivity contribution >= 4 is 0 Å². The predicted molar refractivity (Wildman–Crippen MR) is 121 cm³/mol. The molecule has 0 unspecified atom stereocenters. The van der Waals surface area contributed by atoms with E-state index in [0.717, 1.165) is 55.3 Å². The van der Waals surface area contributed by atoms with E-state index in [1.807, 2.05) is 6.92 Å². The van der Waals surface area contributed by atoms with Crippen molar-refractivity contribution in [3.63, 3.8) is 0 Å². The Morgan fingerprint density at radius 2 is 1.03 bits per heavy atom. The van der Waals surface area contributed by atoms with Crippen molar-refractivity contribution in [3.8, 4) is 0 Å².